The van der Waals surface area contributed by atoms with E-state index in [2.05, 4.69) is 41.2 Å². The third-order valence-electron chi connectivity index (χ3n) is 8.00. The van der Waals surface area contributed by atoms with Crippen molar-refractivity contribution in [1.29, 1.82) is 0 Å². The van der Waals surface area contributed by atoms with Crippen LogP contribution >= 0.6 is 0 Å². The van der Waals surface area contributed by atoms with Crippen molar-refractivity contribution < 1.29 is 19.1 Å². The Balaban J connectivity index is 1.30. The van der Waals surface area contributed by atoms with Gasteiger partial charge in [0, 0.05) is 37.3 Å². The fourth-order valence-corrected chi connectivity index (χ4v) is 5.18. The number of para-hydroxylation sites is 4. The number of amides is 2. The van der Waals surface area contributed by atoms with Gasteiger partial charge in [0.25, 0.3) is 11.8 Å². The maximum atomic E-state index is 13.8. The highest BCUT2D eigenvalue weighted by atomic mass is 16.5. The van der Waals surface area contributed by atoms with Gasteiger partial charge in [-0.05, 0) is 65.8 Å². The molecular formula is C34H44N8O4. The fraction of sp³-hybridized carbons (Fsp3) is 0.471. The van der Waals surface area contributed by atoms with Crippen molar-refractivity contribution in [3.63, 3.8) is 0 Å². The van der Waals surface area contributed by atoms with E-state index < -0.39 is 22.3 Å². The molecule has 1 aliphatic rings. The van der Waals surface area contributed by atoms with Gasteiger partial charge in [-0.1, -0.05) is 24.3 Å². The predicted molar refractivity (Wildman–Crippen MR) is 176 cm³/mol. The zero-order chi connectivity index (χ0) is 33.0. The van der Waals surface area contributed by atoms with Crippen LogP contribution in [0.25, 0.3) is 22.1 Å². The molecule has 12 heteroatoms. The molecule has 0 bridgehead atoms. The van der Waals surface area contributed by atoms with E-state index in [1.54, 1.807) is 26.2 Å². The van der Waals surface area contributed by atoms with Crippen LogP contribution in [0.2, 0.25) is 0 Å². The minimum Gasteiger partial charge on any atom is -0.358 e. The average Bonchev–Trinajstić information content (AvgIpc) is 3.01. The summed E-state index contributed by atoms with van der Waals surface area (Å²) in [6.45, 7) is 12.5. The topological polar surface area (TPSA) is 152 Å². The fourth-order valence-electron chi connectivity index (χ4n) is 5.18. The number of carbonyl (C=O) groups excluding carboxylic acids is 2. The number of nitrogens with one attached hydrogen (secondary N) is 4. The highest BCUT2D eigenvalue weighted by Gasteiger charge is 2.41. The van der Waals surface area contributed by atoms with Crippen molar-refractivity contribution in [3.05, 3.63) is 72.3 Å². The SMILES string of the molecule is CC1(C)CNCC(C)(OCc2cnc3ccccc3n2)C(=O)NC(C)(C)CNCC(C)(OCc2cnc3ccccc3n2)C(=O)N1. The van der Waals surface area contributed by atoms with Crippen LogP contribution in [0.5, 0.6) is 0 Å². The molecule has 5 rings (SSSR count). The van der Waals surface area contributed by atoms with Gasteiger partial charge in [0.1, 0.15) is 0 Å². The molecule has 2 unspecified atom stereocenters. The Morgan fingerprint density at radius 1 is 0.587 bits per heavy atom. The number of hydrogen-bond donors (Lipinski definition) is 4. The normalized spacial score (nSPS) is 24.2. The van der Waals surface area contributed by atoms with Gasteiger partial charge < -0.3 is 30.7 Å². The first-order valence-electron chi connectivity index (χ1n) is 15.5. The minimum atomic E-state index is -1.24. The molecule has 0 saturated carbocycles. The molecule has 244 valence electrons. The zero-order valence-electron chi connectivity index (χ0n) is 27.4. The third-order valence-corrected chi connectivity index (χ3v) is 8.00. The van der Waals surface area contributed by atoms with Gasteiger partial charge in [-0.25, -0.2) is 9.97 Å². The van der Waals surface area contributed by atoms with Crippen LogP contribution < -0.4 is 21.3 Å². The highest BCUT2D eigenvalue weighted by Crippen LogP contribution is 2.20. The van der Waals surface area contributed by atoms with Gasteiger partial charge in [-0.2, -0.15) is 0 Å². The first-order valence-corrected chi connectivity index (χ1v) is 15.5. The lowest BCUT2D eigenvalue weighted by atomic mass is 9.96. The van der Waals surface area contributed by atoms with E-state index in [1.807, 2.05) is 76.2 Å². The Labute approximate surface area is 269 Å². The Morgan fingerprint density at radius 3 is 1.35 bits per heavy atom. The summed E-state index contributed by atoms with van der Waals surface area (Å²) in [5.41, 5.74) is 0.477. The molecule has 2 aromatic heterocycles. The molecule has 2 atom stereocenters. The van der Waals surface area contributed by atoms with Crippen molar-refractivity contribution in [2.45, 2.75) is 77.0 Å². The van der Waals surface area contributed by atoms with Gasteiger partial charge in [0.15, 0.2) is 11.2 Å². The van der Waals surface area contributed by atoms with Gasteiger partial charge in [-0.15, -0.1) is 0 Å². The molecule has 4 N–H and O–H groups in total. The second-order valence-electron chi connectivity index (χ2n) is 13.6. The Bertz CT molecular complexity index is 1590. The van der Waals surface area contributed by atoms with Crippen LogP contribution in [-0.4, -0.2) is 80.2 Å². The molecule has 3 heterocycles. The summed E-state index contributed by atoms with van der Waals surface area (Å²) >= 11 is 0. The maximum Gasteiger partial charge on any atom is 0.253 e. The smallest absolute Gasteiger partial charge is 0.253 e. The van der Waals surface area contributed by atoms with Crippen molar-refractivity contribution >= 4 is 33.9 Å². The van der Waals surface area contributed by atoms with E-state index in [4.69, 9.17) is 9.47 Å². The number of rotatable bonds is 6. The van der Waals surface area contributed by atoms with Gasteiger partial charge in [-0.3, -0.25) is 19.6 Å². The first kappa shape index (κ1) is 33.3. The van der Waals surface area contributed by atoms with Crippen molar-refractivity contribution in [2.75, 3.05) is 26.2 Å². The largest absolute Gasteiger partial charge is 0.358 e. The molecule has 0 spiro atoms. The molecular weight excluding hydrogens is 584 g/mol. The summed E-state index contributed by atoms with van der Waals surface area (Å²) in [5, 5.41) is 13.0. The van der Waals surface area contributed by atoms with Crippen LogP contribution in [-0.2, 0) is 32.3 Å². The summed E-state index contributed by atoms with van der Waals surface area (Å²) in [4.78, 5) is 45.8. The molecule has 1 saturated heterocycles. The van der Waals surface area contributed by atoms with Crippen molar-refractivity contribution in [1.82, 2.24) is 41.2 Å². The van der Waals surface area contributed by atoms with E-state index in [9.17, 15) is 9.59 Å². The molecule has 0 radical (unpaired) electrons. The van der Waals surface area contributed by atoms with E-state index >= 15 is 0 Å². The number of nitrogens with zero attached hydrogens (tertiary/aromatic N) is 4. The predicted octanol–water partition coefficient (Wildman–Crippen LogP) is 2.81. The quantitative estimate of drug-likeness (QED) is 0.251. The minimum absolute atomic E-state index is 0.0967. The molecule has 46 heavy (non-hydrogen) atoms. The van der Waals surface area contributed by atoms with E-state index in [1.165, 1.54) is 0 Å². The van der Waals surface area contributed by atoms with Crippen LogP contribution in [0.1, 0.15) is 52.9 Å². The number of carbonyl (C=O) groups is 2. The van der Waals surface area contributed by atoms with E-state index in [0.717, 1.165) is 22.1 Å². The molecule has 2 aromatic carbocycles. The van der Waals surface area contributed by atoms with Crippen LogP contribution in [0.3, 0.4) is 0 Å². The number of ether oxygens (including phenoxy) is 2. The summed E-state index contributed by atoms with van der Waals surface area (Å²) in [5.74, 6) is -0.540. The van der Waals surface area contributed by atoms with Gasteiger partial charge in [0.2, 0.25) is 0 Å². The summed E-state index contributed by atoms with van der Waals surface area (Å²) in [7, 11) is 0. The molecule has 4 aromatic rings. The summed E-state index contributed by atoms with van der Waals surface area (Å²) in [6.07, 6.45) is 3.33. The second kappa shape index (κ2) is 13.3. The maximum absolute atomic E-state index is 13.8. The first-order chi connectivity index (χ1) is 21.8. The van der Waals surface area contributed by atoms with Gasteiger partial charge >= 0.3 is 0 Å². The number of hydrogen-bond acceptors (Lipinski definition) is 10. The number of fused-ring (bicyclic) bond motifs is 2. The van der Waals surface area contributed by atoms with E-state index in [-0.39, 0.29) is 38.1 Å². The molecule has 1 fully saturated rings. The Morgan fingerprint density at radius 2 is 0.957 bits per heavy atom. The van der Waals surface area contributed by atoms with Gasteiger partial charge in [0.05, 0.1) is 59.1 Å². The molecule has 0 aliphatic carbocycles. The van der Waals surface area contributed by atoms with Crippen LogP contribution in [0.4, 0.5) is 0 Å². The number of aromatic nitrogens is 4. The lowest BCUT2D eigenvalue weighted by Crippen LogP contribution is -2.64. The Hall–Kier alpha value is -4.10. The summed E-state index contributed by atoms with van der Waals surface area (Å²) in [6, 6.07) is 15.2. The monoisotopic (exact) mass is 628 g/mol. The Kier molecular flexibility index (Phi) is 9.64. The standard InChI is InChI=1S/C34H44N8O4/c1-31(2)19-35-21-34(6,46-18-24-16-38-26-12-8-10-14-28(26)40-24)30(44)42-32(3,4)20-36-22-33(5,29(43)41-31)45-17-23-15-37-25-11-7-9-13-27(25)39-23/h7-16,35-36H,17-22H2,1-6H3,(H,41,43)(H,42,44). The molecule has 1 aliphatic heterocycles. The van der Waals surface area contributed by atoms with Crippen molar-refractivity contribution in [3.8, 4) is 0 Å². The summed E-state index contributed by atoms with van der Waals surface area (Å²) < 4.78 is 12.6. The lowest BCUT2D eigenvalue weighted by molar-refractivity contribution is -0.150. The van der Waals surface area contributed by atoms with Crippen LogP contribution in [0, 0.1) is 0 Å². The second-order valence-corrected chi connectivity index (χ2v) is 13.6. The third kappa shape index (κ3) is 8.18. The molecule has 12 nitrogen and oxygen atoms in total. The average molecular weight is 629 g/mol. The molecule has 2 amide bonds. The highest BCUT2D eigenvalue weighted by molar-refractivity contribution is 5.86. The van der Waals surface area contributed by atoms with E-state index in [0.29, 0.717) is 24.5 Å². The lowest BCUT2D eigenvalue weighted by Gasteiger charge is -2.38. The van der Waals surface area contributed by atoms with Crippen molar-refractivity contribution in [2.24, 2.45) is 0 Å². The zero-order valence-corrected chi connectivity index (χ0v) is 27.4. The number of benzene rings is 2. The van der Waals surface area contributed by atoms with Crippen LogP contribution in [0.15, 0.2) is 60.9 Å².